The van der Waals surface area contributed by atoms with Crippen LogP contribution in [0.15, 0.2) is 74.1 Å². The van der Waals surface area contributed by atoms with E-state index in [1.807, 2.05) is 24.3 Å². The van der Waals surface area contributed by atoms with Crippen molar-refractivity contribution in [1.29, 1.82) is 0 Å². The van der Waals surface area contributed by atoms with Crippen molar-refractivity contribution in [2.75, 3.05) is 6.61 Å². The largest absolute Gasteiger partial charge is 0.461 e. The number of hydrogen-bond acceptors (Lipinski definition) is 2. The Bertz CT molecular complexity index is 945. The van der Waals surface area contributed by atoms with Crippen molar-refractivity contribution in [2.24, 2.45) is 0 Å². The number of carbonyl (C=O) groups excluding carboxylic acids is 1. The predicted octanol–water partition coefficient (Wildman–Crippen LogP) is 6.94. The molecule has 0 aliphatic heterocycles. The van der Waals surface area contributed by atoms with E-state index in [9.17, 15) is 4.79 Å². The van der Waals surface area contributed by atoms with Crippen molar-refractivity contribution in [3.63, 3.8) is 0 Å². The quantitative estimate of drug-likeness (QED) is 0.339. The molecule has 26 heavy (non-hydrogen) atoms. The second-order valence-corrected chi connectivity index (χ2v) is 8.87. The first-order valence-electron chi connectivity index (χ1n) is 8.05. The first-order valence-corrected chi connectivity index (χ1v) is 10.4. The minimum Gasteiger partial charge on any atom is -0.461 e. The summed E-state index contributed by atoms with van der Waals surface area (Å²) in [6, 6.07) is 19.7. The van der Waals surface area contributed by atoms with Crippen molar-refractivity contribution < 1.29 is 9.53 Å². The molecule has 3 aromatic carbocycles. The molecule has 0 radical (unpaired) electrons. The maximum Gasteiger partial charge on any atom is 0.338 e. The summed E-state index contributed by atoms with van der Waals surface area (Å²) in [5.74, 6) is -0.285. The average molecular weight is 537 g/mol. The Labute approximate surface area is 177 Å². The molecule has 0 amide bonds. The summed E-state index contributed by atoms with van der Waals surface area (Å²) in [4.78, 5) is 12.4. The molecule has 2 nitrogen and oxygen atoms in total. The topological polar surface area (TPSA) is 26.3 Å². The van der Waals surface area contributed by atoms with Crippen molar-refractivity contribution >= 4 is 53.8 Å². The first kappa shape index (κ1) is 18.0. The Hall–Kier alpha value is -1.43. The van der Waals surface area contributed by atoms with Crippen LogP contribution in [0.2, 0.25) is 0 Å². The molecular formula is C21H13Br3O2. The van der Waals surface area contributed by atoms with E-state index in [1.165, 1.54) is 22.3 Å². The smallest absolute Gasteiger partial charge is 0.338 e. The molecule has 4 rings (SSSR count). The molecular weight excluding hydrogens is 524 g/mol. The van der Waals surface area contributed by atoms with Gasteiger partial charge in [-0.25, -0.2) is 4.79 Å². The van der Waals surface area contributed by atoms with E-state index in [0.717, 1.165) is 13.4 Å². The van der Waals surface area contributed by atoms with Gasteiger partial charge in [0.25, 0.3) is 0 Å². The van der Waals surface area contributed by atoms with E-state index in [2.05, 4.69) is 72.1 Å². The molecule has 0 bridgehead atoms. The molecule has 130 valence electrons. The van der Waals surface area contributed by atoms with Crippen LogP contribution in [-0.4, -0.2) is 12.6 Å². The van der Waals surface area contributed by atoms with Gasteiger partial charge in [0, 0.05) is 19.3 Å². The zero-order valence-electron chi connectivity index (χ0n) is 13.5. The highest BCUT2D eigenvalue weighted by Gasteiger charge is 2.30. The van der Waals surface area contributed by atoms with Crippen molar-refractivity contribution in [1.82, 2.24) is 0 Å². The number of benzene rings is 3. The molecule has 0 unspecified atom stereocenters. The van der Waals surface area contributed by atoms with Crippen molar-refractivity contribution in [3.8, 4) is 11.1 Å². The number of rotatable bonds is 3. The zero-order chi connectivity index (χ0) is 18.3. The summed E-state index contributed by atoms with van der Waals surface area (Å²) in [5, 5.41) is 0. The van der Waals surface area contributed by atoms with Gasteiger partial charge in [-0.3, -0.25) is 0 Å². The second-order valence-electron chi connectivity index (χ2n) is 6.12. The van der Waals surface area contributed by atoms with Crippen LogP contribution in [0.3, 0.4) is 0 Å². The highest BCUT2D eigenvalue weighted by molar-refractivity contribution is 9.11. The fraction of sp³-hybridized carbons (Fsp3) is 0.0952. The highest BCUT2D eigenvalue weighted by atomic mass is 79.9. The van der Waals surface area contributed by atoms with E-state index in [1.54, 1.807) is 12.1 Å². The Morgan fingerprint density at radius 3 is 1.81 bits per heavy atom. The van der Waals surface area contributed by atoms with Gasteiger partial charge < -0.3 is 4.74 Å². The Kier molecular flexibility index (Phi) is 5.04. The average Bonchev–Trinajstić information content (AvgIpc) is 2.92. The van der Waals surface area contributed by atoms with E-state index >= 15 is 0 Å². The molecule has 0 fully saturated rings. The number of hydrogen-bond donors (Lipinski definition) is 0. The molecule has 0 saturated carbocycles. The lowest BCUT2D eigenvalue weighted by atomic mass is 9.98. The lowest BCUT2D eigenvalue weighted by molar-refractivity contribution is 0.0493. The molecule has 1 aliphatic rings. The van der Waals surface area contributed by atoms with E-state index in [0.29, 0.717) is 12.2 Å². The lowest BCUT2D eigenvalue weighted by Crippen LogP contribution is -2.12. The number of fused-ring (bicyclic) bond motifs is 3. The Morgan fingerprint density at radius 1 is 0.769 bits per heavy atom. The predicted molar refractivity (Wildman–Crippen MR) is 114 cm³/mol. The van der Waals surface area contributed by atoms with E-state index in [-0.39, 0.29) is 11.9 Å². The Balaban J connectivity index is 1.64. The van der Waals surface area contributed by atoms with Gasteiger partial charge >= 0.3 is 5.97 Å². The van der Waals surface area contributed by atoms with Gasteiger partial charge in [-0.15, -0.1) is 0 Å². The van der Waals surface area contributed by atoms with Crippen molar-refractivity contribution in [3.05, 3.63) is 90.8 Å². The number of carbonyl (C=O) groups is 1. The fourth-order valence-electron chi connectivity index (χ4n) is 3.31. The summed E-state index contributed by atoms with van der Waals surface area (Å²) in [5.41, 5.74) is 5.29. The molecule has 0 spiro atoms. The molecule has 1 aliphatic carbocycles. The summed E-state index contributed by atoms with van der Waals surface area (Å²) in [6.07, 6.45) is 0. The van der Waals surface area contributed by atoms with Crippen LogP contribution in [0.5, 0.6) is 0 Å². The lowest BCUT2D eigenvalue weighted by Gasteiger charge is -2.15. The standard InChI is InChI=1S/C21H13Br3O2/c22-13-3-1-12(2-4-13)21(25)26-11-20-18-9-14(23)5-7-16(18)17-8-6-15(24)10-19(17)20/h1-10,20H,11H2. The van der Waals surface area contributed by atoms with Crippen LogP contribution in [0.1, 0.15) is 27.4 Å². The maximum absolute atomic E-state index is 12.4. The van der Waals surface area contributed by atoms with Gasteiger partial charge in [-0.1, -0.05) is 59.9 Å². The summed E-state index contributed by atoms with van der Waals surface area (Å²) in [7, 11) is 0. The molecule has 0 N–H and O–H groups in total. The number of esters is 1. The van der Waals surface area contributed by atoms with Crippen LogP contribution in [0.4, 0.5) is 0 Å². The van der Waals surface area contributed by atoms with Gasteiger partial charge in [0.05, 0.1) is 5.56 Å². The Morgan fingerprint density at radius 2 is 1.27 bits per heavy atom. The van der Waals surface area contributed by atoms with Crippen molar-refractivity contribution in [2.45, 2.75) is 5.92 Å². The van der Waals surface area contributed by atoms with E-state index < -0.39 is 0 Å². The van der Waals surface area contributed by atoms with E-state index in [4.69, 9.17) is 4.74 Å². The monoisotopic (exact) mass is 534 g/mol. The van der Waals surface area contributed by atoms with Crippen LogP contribution < -0.4 is 0 Å². The van der Waals surface area contributed by atoms with Crippen LogP contribution in [-0.2, 0) is 4.74 Å². The molecule has 5 heteroatoms. The zero-order valence-corrected chi connectivity index (χ0v) is 18.3. The third kappa shape index (κ3) is 3.40. The van der Waals surface area contributed by atoms with Gasteiger partial charge in [0.15, 0.2) is 0 Å². The van der Waals surface area contributed by atoms with Gasteiger partial charge in [-0.05, 0) is 70.8 Å². The summed E-state index contributed by atoms with van der Waals surface area (Å²) < 4.78 is 8.63. The highest BCUT2D eigenvalue weighted by Crippen LogP contribution is 2.46. The fourth-order valence-corrected chi connectivity index (χ4v) is 4.33. The molecule has 0 atom stereocenters. The molecule has 0 heterocycles. The molecule has 0 aromatic heterocycles. The first-order chi connectivity index (χ1) is 12.5. The third-order valence-electron chi connectivity index (χ3n) is 4.53. The second kappa shape index (κ2) is 7.29. The van der Waals surface area contributed by atoms with Crippen LogP contribution in [0.25, 0.3) is 11.1 Å². The third-order valence-corrected chi connectivity index (χ3v) is 6.04. The van der Waals surface area contributed by atoms with Gasteiger partial charge in [-0.2, -0.15) is 0 Å². The minimum atomic E-state index is -0.308. The van der Waals surface area contributed by atoms with Crippen LogP contribution in [0, 0.1) is 0 Å². The van der Waals surface area contributed by atoms with Gasteiger partial charge in [0.2, 0.25) is 0 Å². The normalized spacial score (nSPS) is 12.6. The minimum absolute atomic E-state index is 0.0226. The molecule has 0 saturated heterocycles. The number of ether oxygens (including phenoxy) is 1. The summed E-state index contributed by atoms with van der Waals surface area (Å²) >= 11 is 10.5. The summed E-state index contributed by atoms with van der Waals surface area (Å²) in [6.45, 7) is 0.307. The maximum atomic E-state index is 12.4. The van der Waals surface area contributed by atoms with Crippen LogP contribution >= 0.6 is 47.8 Å². The number of halogens is 3. The molecule has 3 aromatic rings. The SMILES string of the molecule is O=C(OCC1c2cc(Br)ccc2-c2ccc(Br)cc21)c1ccc(Br)cc1. The van der Waals surface area contributed by atoms with Gasteiger partial charge in [0.1, 0.15) is 6.61 Å².